The summed E-state index contributed by atoms with van der Waals surface area (Å²) in [5.41, 5.74) is 0. The lowest BCUT2D eigenvalue weighted by Crippen LogP contribution is -2.36. The third-order valence-corrected chi connectivity index (χ3v) is 1.76. The van der Waals surface area contributed by atoms with Crippen molar-refractivity contribution < 1.29 is 9.63 Å². The maximum atomic E-state index is 10.7. The molecule has 5 heteroatoms. The SMILES string of the molecule is CC(=O)On1nnc2c1=CCCC=2. The van der Waals surface area contributed by atoms with E-state index in [1.807, 2.05) is 12.2 Å². The molecule has 0 saturated carbocycles. The lowest BCUT2D eigenvalue weighted by atomic mass is 10.2. The minimum atomic E-state index is -0.397. The first-order chi connectivity index (χ1) is 6.27. The number of aromatic nitrogens is 3. The van der Waals surface area contributed by atoms with Crippen molar-refractivity contribution in [1.82, 2.24) is 15.2 Å². The van der Waals surface area contributed by atoms with E-state index in [1.54, 1.807) is 0 Å². The van der Waals surface area contributed by atoms with E-state index in [9.17, 15) is 4.79 Å². The molecule has 0 fully saturated rings. The number of hydrogen-bond donors (Lipinski definition) is 0. The summed E-state index contributed by atoms with van der Waals surface area (Å²) < 4.78 is 0. The van der Waals surface area contributed by atoms with Crippen LogP contribution < -0.4 is 15.5 Å². The molecule has 1 aromatic rings. The third-order valence-electron chi connectivity index (χ3n) is 1.76. The summed E-state index contributed by atoms with van der Waals surface area (Å²) in [6, 6.07) is 0. The van der Waals surface area contributed by atoms with Crippen molar-refractivity contribution in [3.8, 4) is 0 Å². The van der Waals surface area contributed by atoms with E-state index in [1.165, 1.54) is 6.92 Å². The van der Waals surface area contributed by atoms with Crippen molar-refractivity contribution in [3.63, 3.8) is 0 Å². The van der Waals surface area contributed by atoms with Crippen molar-refractivity contribution in [2.75, 3.05) is 0 Å². The molecular weight excluding hydrogens is 170 g/mol. The highest BCUT2D eigenvalue weighted by atomic mass is 16.7. The van der Waals surface area contributed by atoms with E-state index >= 15 is 0 Å². The van der Waals surface area contributed by atoms with E-state index in [4.69, 9.17) is 4.84 Å². The Labute approximate surface area is 74.3 Å². The first kappa shape index (κ1) is 7.97. The van der Waals surface area contributed by atoms with E-state index < -0.39 is 5.97 Å². The van der Waals surface area contributed by atoms with Gasteiger partial charge >= 0.3 is 5.97 Å². The Morgan fingerprint density at radius 3 is 3.08 bits per heavy atom. The first-order valence-corrected chi connectivity index (χ1v) is 4.08. The fourth-order valence-corrected chi connectivity index (χ4v) is 1.24. The number of carbonyl (C=O) groups excluding carboxylic acids is 1. The quantitative estimate of drug-likeness (QED) is 0.498. The highest BCUT2D eigenvalue weighted by Gasteiger charge is 2.04. The molecule has 1 heterocycles. The molecule has 0 radical (unpaired) electrons. The lowest BCUT2D eigenvalue weighted by Gasteiger charge is -1.98. The monoisotopic (exact) mass is 179 g/mol. The van der Waals surface area contributed by atoms with Gasteiger partial charge in [0.15, 0.2) is 0 Å². The molecule has 0 saturated heterocycles. The number of carbonyl (C=O) groups is 1. The Balaban J connectivity index is 2.50. The Morgan fingerprint density at radius 1 is 1.54 bits per heavy atom. The highest BCUT2D eigenvalue weighted by Crippen LogP contribution is 1.92. The fourth-order valence-electron chi connectivity index (χ4n) is 1.24. The molecular formula is C8H9N3O2. The van der Waals surface area contributed by atoms with Gasteiger partial charge in [0.2, 0.25) is 0 Å². The zero-order chi connectivity index (χ0) is 9.26. The summed E-state index contributed by atoms with van der Waals surface area (Å²) >= 11 is 0. The Morgan fingerprint density at radius 2 is 2.31 bits per heavy atom. The molecule has 0 spiro atoms. The number of hydrogen-bond acceptors (Lipinski definition) is 4. The topological polar surface area (TPSA) is 57.0 Å². The molecule has 5 nitrogen and oxygen atoms in total. The van der Waals surface area contributed by atoms with E-state index in [-0.39, 0.29) is 0 Å². The Hall–Kier alpha value is -1.65. The van der Waals surface area contributed by atoms with Gasteiger partial charge in [0, 0.05) is 6.92 Å². The molecule has 1 aliphatic carbocycles. The van der Waals surface area contributed by atoms with Crippen LogP contribution in [0.25, 0.3) is 12.2 Å². The summed E-state index contributed by atoms with van der Waals surface area (Å²) in [7, 11) is 0. The first-order valence-electron chi connectivity index (χ1n) is 4.08. The molecule has 0 bridgehead atoms. The smallest absolute Gasteiger partial charge is 0.318 e. The van der Waals surface area contributed by atoms with Gasteiger partial charge in [-0.3, -0.25) is 0 Å². The minimum Gasteiger partial charge on any atom is -0.318 e. The molecule has 1 aliphatic rings. The summed E-state index contributed by atoms with van der Waals surface area (Å²) in [4.78, 5) is 16.6. The minimum absolute atomic E-state index is 0.397. The van der Waals surface area contributed by atoms with Crippen LogP contribution >= 0.6 is 0 Å². The summed E-state index contributed by atoms with van der Waals surface area (Å²) in [5, 5.41) is 9.11. The van der Waals surface area contributed by atoms with E-state index in [2.05, 4.69) is 10.3 Å². The van der Waals surface area contributed by atoms with Crippen LogP contribution in [-0.4, -0.2) is 21.1 Å². The summed E-state index contributed by atoms with van der Waals surface area (Å²) in [6.07, 6.45) is 5.83. The molecule has 0 aromatic carbocycles. The van der Waals surface area contributed by atoms with Crippen LogP contribution in [-0.2, 0) is 4.79 Å². The maximum Gasteiger partial charge on any atom is 0.332 e. The molecule has 0 amide bonds. The molecule has 0 N–H and O–H groups in total. The molecule has 2 rings (SSSR count). The van der Waals surface area contributed by atoms with Gasteiger partial charge in [-0.05, 0) is 18.1 Å². The standard InChI is InChI=1S/C8H9N3O2/c1-6(12)13-11-8-5-3-2-4-7(8)9-10-11/h4-5H,2-3H2,1H3. The Bertz CT molecular complexity index is 446. The van der Waals surface area contributed by atoms with Crippen molar-refractivity contribution in [2.24, 2.45) is 0 Å². The second-order valence-corrected chi connectivity index (χ2v) is 2.80. The van der Waals surface area contributed by atoms with Crippen LogP contribution in [0.4, 0.5) is 0 Å². The van der Waals surface area contributed by atoms with Crippen LogP contribution in [0.2, 0.25) is 0 Å². The second kappa shape index (κ2) is 3.01. The van der Waals surface area contributed by atoms with Crippen molar-refractivity contribution in [2.45, 2.75) is 19.8 Å². The van der Waals surface area contributed by atoms with Crippen LogP contribution in [0.1, 0.15) is 19.8 Å². The van der Waals surface area contributed by atoms with Gasteiger partial charge in [0.05, 0.1) is 0 Å². The largest absolute Gasteiger partial charge is 0.332 e. The molecule has 0 unspecified atom stereocenters. The molecule has 68 valence electrons. The lowest BCUT2D eigenvalue weighted by molar-refractivity contribution is -0.143. The maximum absolute atomic E-state index is 10.7. The van der Waals surface area contributed by atoms with Crippen molar-refractivity contribution >= 4 is 18.1 Å². The van der Waals surface area contributed by atoms with Crippen LogP contribution in [0.3, 0.4) is 0 Å². The van der Waals surface area contributed by atoms with Gasteiger partial charge in [-0.1, -0.05) is 17.0 Å². The predicted molar refractivity (Wildman–Crippen MR) is 44.7 cm³/mol. The Kier molecular flexibility index (Phi) is 1.84. The normalized spacial score (nSPS) is 13.9. The molecule has 0 atom stereocenters. The van der Waals surface area contributed by atoms with Gasteiger partial charge < -0.3 is 4.84 Å². The van der Waals surface area contributed by atoms with Gasteiger partial charge in [0.1, 0.15) is 10.7 Å². The molecule has 0 aliphatic heterocycles. The zero-order valence-electron chi connectivity index (χ0n) is 7.23. The number of fused-ring (bicyclic) bond motifs is 1. The van der Waals surface area contributed by atoms with Crippen LogP contribution in [0, 0.1) is 0 Å². The van der Waals surface area contributed by atoms with Crippen molar-refractivity contribution in [3.05, 3.63) is 10.7 Å². The predicted octanol–water partition coefficient (Wildman–Crippen LogP) is -1.39. The van der Waals surface area contributed by atoms with E-state index in [0.29, 0.717) is 0 Å². The third kappa shape index (κ3) is 1.44. The molecule has 13 heavy (non-hydrogen) atoms. The number of nitrogens with zero attached hydrogens (tertiary/aromatic N) is 3. The van der Waals surface area contributed by atoms with Crippen molar-refractivity contribution in [1.29, 1.82) is 0 Å². The average Bonchev–Trinajstić information content (AvgIpc) is 2.48. The highest BCUT2D eigenvalue weighted by molar-refractivity contribution is 5.66. The number of rotatable bonds is 1. The van der Waals surface area contributed by atoms with Gasteiger partial charge in [-0.2, -0.15) is 0 Å². The van der Waals surface area contributed by atoms with Gasteiger partial charge in [-0.25, -0.2) is 4.79 Å². The second-order valence-electron chi connectivity index (χ2n) is 2.80. The van der Waals surface area contributed by atoms with E-state index in [0.717, 1.165) is 28.4 Å². The zero-order valence-corrected chi connectivity index (χ0v) is 7.23. The van der Waals surface area contributed by atoms with Gasteiger partial charge in [-0.15, -0.1) is 5.10 Å². The van der Waals surface area contributed by atoms with Crippen LogP contribution in [0.15, 0.2) is 0 Å². The summed E-state index contributed by atoms with van der Waals surface area (Å²) in [6.45, 7) is 1.33. The summed E-state index contributed by atoms with van der Waals surface area (Å²) in [5.74, 6) is -0.397. The fraction of sp³-hybridized carbons (Fsp3) is 0.375. The molecule has 1 aromatic heterocycles. The van der Waals surface area contributed by atoms with Crippen LogP contribution in [0.5, 0.6) is 0 Å². The average molecular weight is 179 g/mol. The van der Waals surface area contributed by atoms with Gasteiger partial charge in [0.25, 0.3) is 0 Å².